The van der Waals surface area contributed by atoms with Gasteiger partial charge in [-0.05, 0) is 30.6 Å². The van der Waals surface area contributed by atoms with E-state index in [-0.39, 0.29) is 0 Å². The zero-order chi connectivity index (χ0) is 17.3. The molecule has 140 valence electrons. The SMILES string of the molecule is CCCCCCCCC(CCCC)CC(CC)CC(CC)CO. The van der Waals surface area contributed by atoms with Crippen LogP contribution in [-0.2, 0) is 0 Å². The molecule has 0 amide bonds. The molecule has 1 nitrogen and oxygen atoms in total. The number of hydrogen-bond donors (Lipinski definition) is 1. The van der Waals surface area contributed by atoms with E-state index >= 15 is 0 Å². The molecule has 0 heterocycles. The van der Waals surface area contributed by atoms with Gasteiger partial charge in [0.2, 0.25) is 0 Å². The van der Waals surface area contributed by atoms with Gasteiger partial charge in [0.1, 0.15) is 0 Å². The predicted molar refractivity (Wildman–Crippen MR) is 105 cm³/mol. The molecule has 0 spiro atoms. The second-order valence-corrected chi connectivity index (χ2v) is 7.77. The smallest absolute Gasteiger partial charge is 0.0459 e. The Morgan fingerprint density at radius 2 is 1.09 bits per heavy atom. The zero-order valence-electron chi connectivity index (χ0n) is 16.8. The fourth-order valence-electron chi connectivity index (χ4n) is 3.83. The zero-order valence-corrected chi connectivity index (χ0v) is 16.8. The molecular formula is C22H46O. The van der Waals surface area contributed by atoms with Gasteiger partial charge >= 0.3 is 0 Å². The molecule has 0 saturated carbocycles. The van der Waals surface area contributed by atoms with Crippen molar-refractivity contribution in [2.45, 2.75) is 118 Å². The molecule has 0 aliphatic rings. The summed E-state index contributed by atoms with van der Waals surface area (Å²) >= 11 is 0. The van der Waals surface area contributed by atoms with Crippen molar-refractivity contribution in [2.24, 2.45) is 17.8 Å². The number of unbranched alkanes of at least 4 members (excludes halogenated alkanes) is 6. The van der Waals surface area contributed by atoms with E-state index in [4.69, 9.17) is 0 Å². The van der Waals surface area contributed by atoms with Crippen molar-refractivity contribution in [1.29, 1.82) is 0 Å². The van der Waals surface area contributed by atoms with Crippen LogP contribution in [0.15, 0.2) is 0 Å². The van der Waals surface area contributed by atoms with Crippen molar-refractivity contribution in [3.8, 4) is 0 Å². The normalized spacial score (nSPS) is 15.5. The molecular weight excluding hydrogens is 280 g/mol. The molecule has 0 radical (unpaired) electrons. The molecule has 0 fully saturated rings. The quantitative estimate of drug-likeness (QED) is 0.277. The first-order valence-electron chi connectivity index (χ1n) is 10.8. The summed E-state index contributed by atoms with van der Waals surface area (Å²) in [5, 5.41) is 9.49. The Morgan fingerprint density at radius 1 is 0.565 bits per heavy atom. The van der Waals surface area contributed by atoms with Crippen LogP contribution in [0, 0.1) is 17.8 Å². The van der Waals surface area contributed by atoms with E-state index in [0.717, 1.165) is 18.3 Å². The van der Waals surface area contributed by atoms with E-state index in [1.54, 1.807) is 0 Å². The fourth-order valence-corrected chi connectivity index (χ4v) is 3.83. The monoisotopic (exact) mass is 326 g/mol. The second kappa shape index (κ2) is 16.8. The molecule has 0 aromatic carbocycles. The molecule has 0 rings (SSSR count). The number of aliphatic hydroxyl groups excluding tert-OH is 1. The lowest BCUT2D eigenvalue weighted by Crippen LogP contribution is -2.15. The van der Waals surface area contributed by atoms with E-state index < -0.39 is 0 Å². The third kappa shape index (κ3) is 13.0. The second-order valence-electron chi connectivity index (χ2n) is 7.77. The maximum Gasteiger partial charge on any atom is 0.0459 e. The van der Waals surface area contributed by atoms with Gasteiger partial charge in [-0.1, -0.05) is 105 Å². The molecule has 0 aliphatic heterocycles. The van der Waals surface area contributed by atoms with E-state index in [1.165, 1.54) is 83.5 Å². The Labute approximate surface area is 147 Å². The van der Waals surface area contributed by atoms with Gasteiger partial charge in [-0.15, -0.1) is 0 Å². The van der Waals surface area contributed by atoms with Crippen molar-refractivity contribution in [3.05, 3.63) is 0 Å². The molecule has 0 aromatic rings. The van der Waals surface area contributed by atoms with Crippen LogP contribution in [0.25, 0.3) is 0 Å². The highest BCUT2D eigenvalue weighted by Crippen LogP contribution is 2.30. The minimum Gasteiger partial charge on any atom is -0.396 e. The van der Waals surface area contributed by atoms with Crippen molar-refractivity contribution < 1.29 is 5.11 Å². The van der Waals surface area contributed by atoms with Gasteiger partial charge in [-0.3, -0.25) is 0 Å². The molecule has 0 aliphatic carbocycles. The van der Waals surface area contributed by atoms with Crippen LogP contribution in [0.4, 0.5) is 0 Å². The van der Waals surface area contributed by atoms with Crippen LogP contribution in [-0.4, -0.2) is 11.7 Å². The topological polar surface area (TPSA) is 20.2 Å². The standard InChI is InChI=1S/C22H46O/c1-5-9-11-12-13-14-16-22(15-10-6-2)18-20(7-3)17-21(8-4)19-23/h20-23H,5-19H2,1-4H3. The summed E-state index contributed by atoms with van der Waals surface area (Å²) in [6, 6.07) is 0. The highest BCUT2D eigenvalue weighted by atomic mass is 16.3. The lowest BCUT2D eigenvalue weighted by atomic mass is 9.81. The summed E-state index contributed by atoms with van der Waals surface area (Å²) in [6.45, 7) is 9.55. The van der Waals surface area contributed by atoms with Crippen molar-refractivity contribution in [3.63, 3.8) is 0 Å². The first-order chi connectivity index (χ1) is 11.2. The van der Waals surface area contributed by atoms with Gasteiger partial charge in [-0.25, -0.2) is 0 Å². The molecule has 0 bridgehead atoms. The molecule has 1 heteroatoms. The van der Waals surface area contributed by atoms with Crippen LogP contribution in [0.3, 0.4) is 0 Å². The van der Waals surface area contributed by atoms with E-state index in [0.29, 0.717) is 12.5 Å². The van der Waals surface area contributed by atoms with Gasteiger partial charge in [0.25, 0.3) is 0 Å². The van der Waals surface area contributed by atoms with Gasteiger partial charge in [0, 0.05) is 6.61 Å². The Balaban J connectivity index is 4.17. The molecule has 23 heavy (non-hydrogen) atoms. The van der Waals surface area contributed by atoms with Crippen molar-refractivity contribution >= 4 is 0 Å². The van der Waals surface area contributed by atoms with Crippen molar-refractivity contribution in [2.75, 3.05) is 6.61 Å². The lowest BCUT2D eigenvalue weighted by Gasteiger charge is -2.25. The Morgan fingerprint density at radius 3 is 1.65 bits per heavy atom. The Bertz CT molecular complexity index is 222. The average molecular weight is 327 g/mol. The Kier molecular flexibility index (Phi) is 16.8. The molecule has 3 atom stereocenters. The van der Waals surface area contributed by atoms with Gasteiger partial charge in [-0.2, -0.15) is 0 Å². The van der Waals surface area contributed by atoms with E-state index in [2.05, 4.69) is 27.7 Å². The average Bonchev–Trinajstić information content (AvgIpc) is 2.58. The first-order valence-corrected chi connectivity index (χ1v) is 10.8. The van der Waals surface area contributed by atoms with Gasteiger partial charge < -0.3 is 5.11 Å². The summed E-state index contributed by atoms with van der Waals surface area (Å²) in [4.78, 5) is 0. The summed E-state index contributed by atoms with van der Waals surface area (Å²) < 4.78 is 0. The number of aliphatic hydroxyl groups is 1. The summed E-state index contributed by atoms with van der Waals surface area (Å²) in [6.07, 6.45) is 19.2. The molecule has 0 saturated heterocycles. The van der Waals surface area contributed by atoms with Crippen molar-refractivity contribution in [1.82, 2.24) is 0 Å². The van der Waals surface area contributed by atoms with E-state index in [9.17, 15) is 5.11 Å². The molecule has 3 unspecified atom stereocenters. The summed E-state index contributed by atoms with van der Waals surface area (Å²) in [5.74, 6) is 2.29. The Hall–Kier alpha value is -0.0400. The minimum absolute atomic E-state index is 0.379. The van der Waals surface area contributed by atoms with Crippen LogP contribution in [0.2, 0.25) is 0 Å². The van der Waals surface area contributed by atoms with Gasteiger partial charge in [0.05, 0.1) is 0 Å². The van der Waals surface area contributed by atoms with Gasteiger partial charge in [0.15, 0.2) is 0 Å². The predicted octanol–water partition coefficient (Wildman–Crippen LogP) is 7.37. The lowest BCUT2D eigenvalue weighted by molar-refractivity contribution is 0.181. The molecule has 1 N–H and O–H groups in total. The minimum atomic E-state index is 0.379. The summed E-state index contributed by atoms with van der Waals surface area (Å²) in [5.41, 5.74) is 0. The maximum atomic E-state index is 9.49. The fraction of sp³-hybridized carbons (Fsp3) is 1.00. The largest absolute Gasteiger partial charge is 0.396 e. The first kappa shape index (κ1) is 23.0. The maximum absolute atomic E-state index is 9.49. The number of hydrogen-bond acceptors (Lipinski definition) is 1. The third-order valence-corrected chi connectivity index (χ3v) is 5.68. The molecule has 0 aromatic heterocycles. The van der Waals surface area contributed by atoms with Crippen LogP contribution >= 0.6 is 0 Å². The third-order valence-electron chi connectivity index (χ3n) is 5.68. The van der Waals surface area contributed by atoms with Crippen LogP contribution in [0.1, 0.15) is 118 Å². The number of rotatable bonds is 17. The van der Waals surface area contributed by atoms with Crippen LogP contribution < -0.4 is 0 Å². The highest BCUT2D eigenvalue weighted by Gasteiger charge is 2.18. The summed E-state index contributed by atoms with van der Waals surface area (Å²) in [7, 11) is 0. The van der Waals surface area contributed by atoms with Crippen LogP contribution in [0.5, 0.6) is 0 Å². The highest BCUT2D eigenvalue weighted by molar-refractivity contribution is 4.70. The van der Waals surface area contributed by atoms with E-state index in [1.807, 2.05) is 0 Å².